The molecule has 8 heteroatoms. The molecule has 1 aromatic rings. The number of non-ortho nitro benzene ring substituents is 1. The minimum Gasteiger partial charge on any atom is -0.321 e. The Kier molecular flexibility index (Phi) is 3.74. The van der Waals surface area contributed by atoms with E-state index in [4.69, 9.17) is 0 Å². The van der Waals surface area contributed by atoms with Crippen LogP contribution in [0.5, 0.6) is 0 Å². The van der Waals surface area contributed by atoms with Gasteiger partial charge in [-0.05, 0) is 6.07 Å². The van der Waals surface area contributed by atoms with E-state index >= 15 is 0 Å². The fraction of sp³-hybridized carbons (Fsp3) is 0.250. The molecule has 8 nitrogen and oxygen atoms in total. The maximum absolute atomic E-state index is 12.0. The van der Waals surface area contributed by atoms with Gasteiger partial charge in [-0.25, -0.2) is 5.01 Å². The predicted molar refractivity (Wildman–Crippen MR) is 71.2 cm³/mol. The maximum Gasteiger partial charge on any atom is 0.271 e. The third-order valence-electron chi connectivity index (χ3n) is 2.78. The smallest absolute Gasteiger partial charge is 0.271 e. The second kappa shape index (κ2) is 5.47. The molecule has 0 aromatic heterocycles. The molecule has 104 valence electrons. The van der Waals surface area contributed by atoms with Crippen LogP contribution in [0.25, 0.3) is 0 Å². The average Bonchev–Trinajstić information content (AvgIpc) is 2.42. The molecule has 0 radical (unpaired) electrons. The fourth-order valence-electron chi connectivity index (χ4n) is 1.73. The summed E-state index contributed by atoms with van der Waals surface area (Å²) in [6, 6.07) is 5.62. The number of carbonyl (C=O) groups excluding carboxylic acids is 2. The minimum atomic E-state index is -0.541. The van der Waals surface area contributed by atoms with Crippen molar-refractivity contribution in [1.82, 2.24) is 5.01 Å². The van der Waals surface area contributed by atoms with Crippen molar-refractivity contribution < 1.29 is 14.5 Å². The Morgan fingerprint density at radius 1 is 1.45 bits per heavy atom. The Bertz CT molecular complexity index is 611. The van der Waals surface area contributed by atoms with Crippen molar-refractivity contribution in [2.75, 3.05) is 12.4 Å². The van der Waals surface area contributed by atoms with Gasteiger partial charge in [0.15, 0.2) is 0 Å². The van der Waals surface area contributed by atoms with E-state index in [2.05, 4.69) is 10.4 Å². The highest BCUT2D eigenvalue weighted by molar-refractivity contribution is 6.43. The van der Waals surface area contributed by atoms with E-state index in [0.717, 1.165) is 5.01 Å². The van der Waals surface area contributed by atoms with Crippen LogP contribution in [0, 0.1) is 10.1 Å². The van der Waals surface area contributed by atoms with E-state index in [1.807, 2.05) is 0 Å². The lowest BCUT2D eigenvalue weighted by molar-refractivity contribution is -0.384. The molecular weight excluding hydrogens is 264 g/mol. The van der Waals surface area contributed by atoms with Crippen molar-refractivity contribution in [2.24, 2.45) is 5.10 Å². The first-order valence-corrected chi connectivity index (χ1v) is 5.87. The van der Waals surface area contributed by atoms with Crippen molar-refractivity contribution in [3.8, 4) is 0 Å². The zero-order valence-electron chi connectivity index (χ0n) is 10.7. The average molecular weight is 276 g/mol. The SMILES string of the molecule is CN1N=C(C(=O)Nc2cccc([N+](=O)[O-])c2)CCC1=O. The quantitative estimate of drug-likeness (QED) is 0.660. The number of hydrogen-bond donors (Lipinski definition) is 1. The predicted octanol–water partition coefficient (Wildman–Crippen LogP) is 1.14. The summed E-state index contributed by atoms with van der Waals surface area (Å²) in [7, 11) is 1.47. The maximum atomic E-state index is 12.0. The van der Waals surface area contributed by atoms with Gasteiger partial charge in [-0.15, -0.1) is 0 Å². The summed E-state index contributed by atoms with van der Waals surface area (Å²) in [6.07, 6.45) is 0.474. The number of carbonyl (C=O) groups is 2. The number of hydrazone groups is 1. The number of nitro benzene ring substituents is 1. The van der Waals surface area contributed by atoms with Gasteiger partial charge in [0.2, 0.25) is 5.91 Å². The Morgan fingerprint density at radius 3 is 2.85 bits per heavy atom. The monoisotopic (exact) mass is 276 g/mol. The first-order chi connectivity index (χ1) is 9.47. The third kappa shape index (κ3) is 2.97. The van der Waals surface area contributed by atoms with Crippen LogP contribution in [0.2, 0.25) is 0 Å². The van der Waals surface area contributed by atoms with E-state index in [0.29, 0.717) is 5.69 Å². The summed E-state index contributed by atoms with van der Waals surface area (Å²) in [5, 5.41) is 18.2. The van der Waals surface area contributed by atoms with Crippen molar-refractivity contribution in [2.45, 2.75) is 12.8 Å². The zero-order valence-corrected chi connectivity index (χ0v) is 10.7. The Morgan fingerprint density at radius 2 is 2.20 bits per heavy atom. The lowest BCUT2D eigenvalue weighted by atomic mass is 10.1. The molecule has 0 bridgehead atoms. The van der Waals surface area contributed by atoms with Gasteiger partial charge < -0.3 is 5.32 Å². The molecule has 0 spiro atoms. The second-order valence-electron chi connectivity index (χ2n) is 4.23. The van der Waals surface area contributed by atoms with Crippen molar-refractivity contribution in [3.05, 3.63) is 34.4 Å². The molecule has 0 aliphatic carbocycles. The van der Waals surface area contributed by atoms with E-state index in [-0.39, 0.29) is 30.1 Å². The van der Waals surface area contributed by atoms with Gasteiger partial charge in [0.05, 0.1) is 4.92 Å². The largest absolute Gasteiger partial charge is 0.321 e. The number of rotatable bonds is 3. The number of hydrogen-bond acceptors (Lipinski definition) is 5. The molecule has 2 rings (SSSR count). The van der Waals surface area contributed by atoms with Gasteiger partial charge in [-0.2, -0.15) is 5.10 Å². The van der Waals surface area contributed by atoms with E-state index in [9.17, 15) is 19.7 Å². The molecule has 0 saturated heterocycles. The van der Waals surface area contributed by atoms with Crippen LogP contribution in [-0.2, 0) is 9.59 Å². The molecule has 0 atom stereocenters. The van der Waals surface area contributed by atoms with Crippen LogP contribution in [0.1, 0.15) is 12.8 Å². The van der Waals surface area contributed by atoms with E-state index in [1.54, 1.807) is 6.07 Å². The summed E-state index contributed by atoms with van der Waals surface area (Å²) in [4.78, 5) is 33.3. The molecule has 1 aromatic carbocycles. The molecule has 20 heavy (non-hydrogen) atoms. The Labute approximate surface area is 114 Å². The lowest BCUT2D eigenvalue weighted by Crippen LogP contribution is -2.34. The lowest BCUT2D eigenvalue weighted by Gasteiger charge is -2.18. The third-order valence-corrected chi connectivity index (χ3v) is 2.78. The number of amides is 2. The zero-order chi connectivity index (χ0) is 14.7. The topological polar surface area (TPSA) is 105 Å². The van der Waals surface area contributed by atoms with Crippen LogP contribution in [-0.4, -0.2) is 34.5 Å². The number of nitrogens with zero attached hydrogens (tertiary/aromatic N) is 3. The molecular formula is C12H12N4O4. The van der Waals surface area contributed by atoms with Gasteiger partial charge in [0.25, 0.3) is 11.6 Å². The summed E-state index contributed by atoms with van der Waals surface area (Å²) < 4.78 is 0. The van der Waals surface area contributed by atoms with Crippen LogP contribution in [0.4, 0.5) is 11.4 Å². The highest BCUT2D eigenvalue weighted by atomic mass is 16.6. The molecule has 0 unspecified atom stereocenters. The van der Waals surface area contributed by atoms with Gasteiger partial charge >= 0.3 is 0 Å². The molecule has 1 aliphatic rings. The molecule has 1 heterocycles. The normalized spacial score (nSPS) is 14.8. The second-order valence-corrected chi connectivity index (χ2v) is 4.23. The van der Waals surface area contributed by atoms with Crippen LogP contribution in [0.15, 0.2) is 29.4 Å². The number of benzene rings is 1. The number of anilines is 1. The van der Waals surface area contributed by atoms with Gasteiger partial charge in [-0.3, -0.25) is 19.7 Å². The van der Waals surface area contributed by atoms with Crippen LogP contribution in [0.3, 0.4) is 0 Å². The van der Waals surface area contributed by atoms with Crippen molar-refractivity contribution in [1.29, 1.82) is 0 Å². The van der Waals surface area contributed by atoms with Crippen molar-refractivity contribution in [3.63, 3.8) is 0 Å². The fourth-order valence-corrected chi connectivity index (χ4v) is 1.73. The van der Waals surface area contributed by atoms with Gasteiger partial charge in [0, 0.05) is 37.7 Å². The van der Waals surface area contributed by atoms with Crippen LogP contribution < -0.4 is 5.32 Å². The summed E-state index contributed by atoms with van der Waals surface area (Å²) >= 11 is 0. The van der Waals surface area contributed by atoms with Crippen molar-refractivity contribution >= 4 is 28.9 Å². The highest BCUT2D eigenvalue weighted by Crippen LogP contribution is 2.17. The summed E-state index contributed by atoms with van der Waals surface area (Å²) in [6.45, 7) is 0. The van der Waals surface area contributed by atoms with Gasteiger partial charge in [0.1, 0.15) is 5.71 Å². The molecule has 1 aliphatic heterocycles. The minimum absolute atomic E-state index is 0.110. The first-order valence-electron chi connectivity index (χ1n) is 5.87. The first kappa shape index (κ1) is 13.7. The molecule has 0 fully saturated rings. The van der Waals surface area contributed by atoms with E-state index in [1.165, 1.54) is 25.2 Å². The summed E-state index contributed by atoms with van der Waals surface area (Å²) in [5.74, 6) is -0.623. The van der Waals surface area contributed by atoms with E-state index < -0.39 is 10.8 Å². The Balaban J connectivity index is 2.12. The van der Waals surface area contributed by atoms with Gasteiger partial charge in [-0.1, -0.05) is 6.07 Å². The van der Waals surface area contributed by atoms with Crippen LogP contribution >= 0.6 is 0 Å². The Hall–Kier alpha value is -2.77. The molecule has 2 amide bonds. The standard InChI is InChI=1S/C12H12N4O4/c1-15-11(17)6-5-10(14-15)12(18)13-8-3-2-4-9(7-8)16(19)20/h2-4,7H,5-6H2,1H3,(H,13,18). The molecule has 1 N–H and O–H groups in total. The highest BCUT2D eigenvalue weighted by Gasteiger charge is 2.22. The summed E-state index contributed by atoms with van der Waals surface area (Å²) in [5.41, 5.74) is 0.422. The molecule has 0 saturated carbocycles. The number of nitrogens with one attached hydrogen (secondary N) is 1. The number of nitro groups is 1.